The molecular weight excluding hydrogens is 733 g/mol. The van der Waals surface area contributed by atoms with Crippen LogP contribution in [0.2, 0.25) is 0 Å². The number of rotatable bonds is 26. The molecule has 304 valence electrons. The molecule has 3 rings (SSSR count). The fourth-order valence-electron chi connectivity index (χ4n) is 6.52. The number of para-hydroxylation sites is 1. The van der Waals surface area contributed by atoms with Crippen molar-refractivity contribution < 1.29 is 37.8 Å². The molecule has 12 nitrogen and oxygen atoms in total. The second-order valence-electron chi connectivity index (χ2n) is 13.9. The number of benzene rings is 3. The van der Waals surface area contributed by atoms with Crippen molar-refractivity contribution in [3.8, 4) is 5.75 Å². The first-order chi connectivity index (χ1) is 26.9. The molecule has 0 aliphatic carbocycles. The number of amides is 1. The van der Waals surface area contributed by atoms with Gasteiger partial charge in [0.1, 0.15) is 11.5 Å². The predicted molar refractivity (Wildman–Crippen MR) is 218 cm³/mol. The Bertz CT molecular complexity index is 1860. The fraction of sp³-hybridized carbons (Fsp3) is 0.465. The SMILES string of the molecule is CCC(CCC(CC(CC)c1ccccc1)C(=O)O)C(=O)NCCNCCCCCS(=O)(=O)c1ccc(N=N/C(C(C)=O)=C(/O)Cc2ccccc2OC)cc1. The zero-order valence-electron chi connectivity index (χ0n) is 33.1. The van der Waals surface area contributed by atoms with Gasteiger partial charge in [0.15, 0.2) is 21.3 Å². The Hall–Kier alpha value is -4.88. The van der Waals surface area contributed by atoms with E-state index < -0.39 is 27.5 Å². The van der Waals surface area contributed by atoms with E-state index >= 15 is 0 Å². The van der Waals surface area contributed by atoms with Crippen LogP contribution in [-0.4, -0.2) is 68.8 Å². The van der Waals surface area contributed by atoms with Gasteiger partial charge in [0.25, 0.3) is 0 Å². The van der Waals surface area contributed by atoms with Gasteiger partial charge in [0.05, 0.1) is 29.4 Å². The molecule has 0 bridgehead atoms. The van der Waals surface area contributed by atoms with Crippen LogP contribution in [0.25, 0.3) is 0 Å². The molecule has 3 aromatic carbocycles. The van der Waals surface area contributed by atoms with Crippen molar-refractivity contribution in [2.45, 2.75) is 89.4 Å². The van der Waals surface area contributed by atoms with Crippen molar-refractivity contribution in [3.63, 3.8) is 0 Å². The number of allylic oxidation sites excluding steroid dienone is 2. The Morgan fingerprint density at radius 3 is 2.12 bits per heavy atom. The lowest BCUT2D eigenvalue weighted by Crippen LogP contribution is -2.36. The highest BCUT2D eigenvalue weighted by atomic mass is 32.2. The number of azo groups is 1. The van der Waals surface area contributed by atoms with Crippen molar-refractivity contribution in [2.75, 3.05) is 32.5 Å². The van der Waals surface area contributed by atoms with Gasteiger partial charge in [-0.1, -0.05) is 68.8 Å². The number of unbranched alkanes of at least 4 members (excludes halogenated alkanes) is 2. The van der Waals surface area contributed by atoms with Crippen LogP contribution in [0.15, 0.2) is 105 Å². The van der Waals surface area contributed by atoms with Crippen molar-refractivity contribution in [3.05, 3.63) is 101 Å². The standard InChI is InChI=1S/C43H58N4O8S/c1-5-32(19-20-36(43(51)52)29-33(6-2)34-15-9-7-10-16-34)42(50)45-27-26-44-25-13-8-14-28-56(53,54)38-23-21-37(22-24-38)46-47-41(31(3)48)39(49)30-35-17-11-12-18-40(35)55-4/h7,9-12,15-18,21-24,32-33,36,44,49H,5-6,8,13-14,19-20,25-30H2,1-4H3,(H,45,50)(H,51,52)/b41-39+,47-46?. The summed E-state index contributed by atoms with van der Waals surface area (Å²) < 4.78 is 31.2. The van der Waals surface area contributed by atoms with Crippen LogP contribution in [0.5, 0.6) is 5.75 Å². The lowest BCUT2D eigenvalue weighted by atomic mass is 9.83. The van der Waals surface area contributed by atoms with Gasteiger partial charge in [-0.05, 0) is 93.3 Å². The van der Waals surface area contributed by atoms with E-state index in [2.05, 4.69) is 27.8 Å². The number of ketones is 1. The maximum Gasteiger partial charge on any atom is 0.306 e. The summed E-state index contributed by atoms with van der Waals surface area (Å²) in [5, 5.41) is 34.8. The number of nitrogens with one attached hydrogen (secondary N) is 2. The molecule has 0 saturated carbocycles. The van der Waals surface area contributed by atoms with Gasteiger partial charge in [0.2, 0.25) is 5.91 Å². The third-order valence-corrected chi connectivity index (χ3v) is 11.7. The summed E-state index contributed by atoms with van der Waals surface area (Å²) in [5.74, 6) is -1.64. The molecule has 0 saturated heterocycles. The number of hydrogen-bond acceptors (Lipinski definition) is 10. The number of Topliss-reactive ketones (excluding diaryl/α,β-unsaturated/α-hetero) is 1. The summed E-state index contributed by atoms with van der Waals surface area (Å²) in [5.41, 5.74) is 1.95. The number of carboxylic acids is 1. The zero-order chi connectivity index (χ0) is 40.9. The highest BCUT2D eigenvalue weighted by molar-refractivity contribution is 7.91. The first kappa shape index (κ1) is 45.5. The molecule has 0 heterocycles. The maximum atomic E-state index is 12.9. The molecule has 0 aliphatic rings. The van der Waals surface area contributed by atoms with Crippen molar-refractivity contribution in [1.29, 1.82) is 0 Å². The van der Waals surface area contributed by atoms with E-state index in [9.17, 15) is 33.0 Å². The second kappa shape index (κ2) is 23.9. The van der Waals surface area contributed by atoms with Gasteiger partial charge in [0, 0.05) is 37.9 Å². The summed E-state index contributed by atoms with van der Waals surface area (Å²) in [6, 6.07) is 23.0. The van der Waals surface area contributed by atoms with Crippen LogP contribution in [0.4, 0.5) is 5.69 Å². The number of aliphatic carboxylic acids is 1. The maximum absolute atomic E-state index is 12.9. The van der Waals surface area contributed by atoms with E-state index in [1.54, 1.807) is 24.3 Å². The van der Waals surface area contributed by atoms with Crippen molar-refractivity contribution in [2.24, 2.45) is 22.1 Å². The number of hydrogen-bond donors (Lipinski definition) is 4. The van der Waals surface area contributed by atoms with Gasteiger partial charge in [-0.15, -0.1) is 5.11 Å². The molecule has 0 fully saturated rings. The predicted octanol–water partition coefficient (Wildman–Crippen LogP) is 8.12. The lowest BCUT2D eigenvalue weighted by molar-refractivity contribution is -0.143. The topological polar surface area (TPSA) is 184 Å². The summed E-state index contributed by atoms with van der Waals surface area (Å²) in [4.78, 5) is 37.3. The minimum absolute atomic E-state index is 0.00946. The summed E-state index contributed by atoms with van der Waals surface area (Å²) in [6.07, 6.45) is 5.00. The number of carboxylic acid groups (broad SMARTS) is 1. The fourth-order valence-corrected chi connectivity index (χ4v) is 7.90. The van der Waals surface area contributed by atoms with E-state index in [0.717, 1.165) is 18.4 Å². The Morgan fingerprint density at radius 2 is 1.48 bits per heavy atom. The number of aliphatic hydroxyl groups excluding tert-OH is 1. The largest absolute Gasteiger partial charge is 0.509 e. The van der Waals surface area contributed by atoms with E-state index in [4.69, 9.17) is 4.74 Å². The van der Waals surface area contributed by atoms with Crippen molar-refractivity contribution >= 4 is 33.2 Å². The molecule has 3 aromatic rings. The summed E-state index contributed by atoms with van der Waals surface area (Å²) in [7, 11) is -2.00. The minimum Gasteiger partial charge on any atom is -0.509 e. The van der Waals surface area contributed by atoms with E-state index in [1.807, 2.05) is 37.3 Å². The number of aliphatic hydroxyl groups is 1. The van der Waals surface area contributed by atoms with Crippen LogP contribution in [0.1, 0.15) is 89.2 Å². The molecule has 0 radical (unpaired) electrons. The Morgan fingerprint density at radius 1 is 0.804 bits per heavy atom. The van der Waals surface area contributed by atoms with E-state index in [1.165, 1.54) is 38.3 Å². The number of sulfone groups is 1. The van der Waals surface area contributed by atoms with E-state index in [-0.39, 0.29) is 46.3 Å². The second-order valence-corrected chi connectivity index (χ2v) is 16.0. The summed E-state index contributed by atoms with van der Waals surface area (Å²) >= 11 is 0. The smallest absolute Gasteiger partial charge is 0.306 e. The molecular formula is C43H58N4O8S. The van der Waals surface area contributed by atoms with Crippen LogP contribution in [0.3, 0.4) is 0 Å². The first-order valence-electron chi connectivity index (χ1n) is 19.5. The van der Waals surface area contributed by atoms with Crippen LogP contribution < -0.4 is 15.4 Å². The van der Waals surface area contributed by atoms with Crippen LogP contribution in [0, 0.1) is 11.8 Å². The van der Waals surface area contributed by atoms with Crippen LogP contribution >= 0.6 is 0 Å². The minimum atomic E-state index is -3.52. The third-order valence-electron chi connectivity index (χ3n) is 9.90. The lowest BCUT2D eigenvalue weighted by Gasteiger charge is -2.22. The van der Waals surface area contributed by atoms with Gasteiger partial charge in [-0.25, -0.2) is 8.42 Å². The van der Waals surface area contributed by atoms with Gasteiger partial charge in [-0.2, -0.15) is 5.11 Å². The van der Waals surface area contributed by atoms with E-state index in [0.29, 0.717) is 75.2 Å². The number of carbonyl (C=O) groups is 3. The highest BCUT2D eigenvalue weighted by Crippen LogP contribution is 2.31. The molecule has 13 heteroatoms. The van der Waals surface area contributed by atoms with Crippen LogP contribution in [-0.2, 0) is 30.6 Å². The number of methoxy groups -OCH3 is 1. The molecule has 3 atom stereocenters. The highest BCUT2D eigenvalue weighted by Gasteiger charge is 2.26. The van der Waals surface area contributed by atoms with Gasteiger partial charge < -0.3 is 25.6 Å². The van der Waals surface area contributed by atoms with Crippen molar-refractivity contribution in [1.82, 2.24) is 10.6 Å². The molecule has 56 heavy (non-hydrogen) atoms. The quantitative estimate of drug-likeness (QED) is 0.0270. The average molecular weight is 791 g/mol. The number of nitrogens with zero attached hydrogens (tertiary/aromatic N) is 2. The molecule has 0 aromatic heterocycles. The number of carbonyl (C=O) groups excluding carboxylic acids is 2. The number of ether oxygens (including phenoxy) is 1. The molecule has 3 unspecified atom stereocenters. The monoisotopic (exact) mass is 790 g/mol. The molecule has 0 spiro atoms. The summed E-state index contributed by atoms with van der Waals surface area (Å²) in [6.45, 7) is 7.00. The molecule has 1 amide bonds. The Labute approximate surface area is 331 Å². The normalized spacial score (nSPS) is 13.8. The Balaban J connectivity index is 1.35. The van der Waals surface area contributed by atoms with Gasteiger partial charge >= 0.3 is 5.97 Å². The zero-order valence-corrected chi connectivity index (χ0v) is 33.9. The molecule has 0 aliphatic heterocycles. The average Bonchev–Trinajstić information content (AvgIpc) is 3.19. The Kier molecular flexibility index (Phi) is 19.4. The first-order valence-corrected chi connectivity index (χ1v) is 21.1. The van der Waals surface area contributed by atoms with Gasteiger partial charge in [-0.3, -0.25) is 14.4 Å². The molecule has 4 N–H and O–H groups in total. The third kappa shape index (κ3) is 15.0.